The van der Waals surface area contributed by atoms with Gasteiger partial charge in [-0.1, -0.05) is 0 Å². The molecule has 0 radical (unpaired) electrons. The Labute approximate surface area is 201 Å². The van der Waals surface area contributed by atoms with Crippen molar-refractivity contribution in [2.24, 2.45) is 5.73 Å². The Morgan fingerprint density at radius 1 is 1.20 bits per heavy atom. The number of nitrogens with zero attached hydrogens (tertiary/aromatic N) is 3. The molecular weight excluding hydrogens is 459 g/mol. The van der Waals surface area contributed by atoms with E-state index in [2.05, 4.69) is 20.2 Å². The highest BCUT2D eigenvalue weighted by atomic mass is 19.4. The van der Waals surface area contributed by atoms with Crippen LogP contribution in [0.3, 0.4) is 0 Å². The van der Waals surface area contributed by atoms with Crippen LogP contribution in [-0.2, 0) is 12.7 Å². The molecule has 1 saturated heterocycles. The molecule has 1 aliphatic rings. The first-order valence-corrected chi connectivity index (χ1v) is 11.2. The largest absolute Gasteiger partial charge is 0.492 e. The smallest absolute Gasteiger partial charge is 0.416 e. The van der Waals surface area contributed by atoms with E-state index in [4.69, 9.17) is 10.5 Å². The highest BCUT2D eigenvalue weighted by Gasteiger charge is 2.32. The quantitative estimate of drug-likeness (QED) is 0.493. The Balaban J connectivity index is 1.69. The molecule has 0 aliphatic carbocycles. The number of hydrogen-bond donors (Lipinski definition) is 2. The van der Waals surface area contributed by atoms with Crippen molar-refractivity contribution in [3.05, 3.63) is 71.7 Å². The number of nitrogens with two attached hydrogens (primary N) is 1. The Bertz CT molecular complexity index is 1190. The molecule has 2 aromatic heterocycles. The normalized spacial score (nSPS) is 16.3. The van der Waals surface area contributed by atoms with Crippen LogP contribution in [0, 0.1) is 0 Å². The van der Waals surface area contributed by atoms with Crippen molar-refractivity contribution < 1.29 is 22.7 Å². The van der Waals surface area contributed by atoms with Gasteiger partial charge in [-0.05, 0) is 79.5 Å². The van der Waals surface area contributed by atoms with Crippen LogP contribution in [0.15, 0.2) is 55.0 Å². The molecule has 1 fully saturated rings. The first-order valence-electron chi connectivity index (χ1n) is 11.2. The number of nitrogens with one attached hydrogen (secondary N) is 1. The molecule has 7 nitrogen and oxygen atoms in total. The molecular formula is C25H26F3N5O2. The van der Waals surface area contributed by atoms with E-state index in [1.807, 2.05) is 7.05 Å². The highest BCUT2D eigenvalue weighted by Crippen LogP contribution is 2.37. The van der Waals surface area contributed by atoms with Gasteiger partial charge in [-0.2, -0.15) is 13.2 Å². The third-order valence-corrected chi connectivity index (χ3v) is 6.07. The molecule has 184 valence electrons. The van der Waals surface area contributed by atoms with Crippen LogP contribution >= 0.6 is 0 Å². The number of amides is 1. The summed E-state index contributed by atoms with van der Waals surface area (Å²) in [7, 11) is 1.97. The number of likely N-dealkylation sites (tertiary alicyclic amines) is 1. The summed E-state index contributed by atoms with van der Waals surface area (Å²) >= 11 is 0. The van der Waals surface area contributed by atoms with E-state index in [0.717, 1.165) is 37.1 Å². The lowest BCUT2D eigenvalue weighted by Crippen LogP contribution is -2.30. The second-order valence-corrected chi connectivity index (χ2v) is 8.49. The molecule has 1 amide bonds. The van der Waals surface area contributed by atoms with Crippen LogP contribution in [0.5, 0.6) is 5.75 Å². The van der Waals surface area contributed by atoms with Gasteiger partial charge in [0.15, 0.2) is 0 Å². The van der Waals surface area contributed by atoms with E-state index in [9.17, 15) is 18.0 Å². The van der Waals surface area contributed by atoms with Crippen molar-refractivity contribution >= 4 is 11.7 Å². The lowest BCUT2D eigenvalue weighted by molar-refractivity contribution is -0.137. The lowest BCUT2D eigenvalue weighted by Gasteiger charge is -2.21. The molecule has 4 rings (SSSR count). The summed E-state index contributed by atoms with van der Waals surface area (Å²) < 4.78 is 47.0. The first-order chi connectivity index (χ1) is 16.7. The van der Waals surface area contributed by atoms with Crippen LogP contribution in [0.25, 0.3) is 11.1 Å². The second kappa shape index (κ2) is 10.3. The van der Waals surface area contributed by atoms with E-state index in [0.29, 0.717) is 6.54 Å². The number of hydrogen-bond acceptors (Lipinski definition) is 6. The number of carbonyl (C=O) groups excluding carboxylic acids is 1. The highest BCUT2D eigenvalue weighted by molar-refractivity contribution is 6.04. The van der Waals surface area contributed by atoms with Crippen LogP contribution < -0.4 is 15.8 Å². The average molecular weight is 486 g/mol. The lowest BCUT2D eigenvalue weighted by atomic mass is 9.98. The first kappa shape index (κ1) is 24.5. The Hall–Kier alpha value is -3.66. The van der Waals surface area contributed by atoms with E-state index in [-0.39, 0.29) is 40.9 Å². The number of halogens is 3. The molecule has 1 atom stereocenters. The van der Waals surface area contributed by atoms with E-state index >= 15 is 0 Å². The average Bonchev–Trinajstić information content (AvgIpc) is 3.25. The molecule has 3 aromatic rings. The third kappa shape index (κ3) is 5.89. The van der Waals surface area contributed by atoms with Crippen molar-refractivity contribution in [3.8, 4) is 16.9 Å². The maximum atomic E-state index is 13.7. The SMILES string of the molecule is CN1CCC[C@H]1COc1cc(-c2ccnc(NCc3ccncc3)c2C(N)=O)cc(C(F)(F)F)c1. The Kier molecular flexibility index (Phi) is 7.20. The molecule has 0 unspecified atom stereocenters. The van der Waals surface area contributed by atoms with Gasteiger partial charge < -0.3 is 20.7 Å². The summed E-state index contributed by atoms with van der Waals surface area (Å²) in [6.07, 6.45) is 2.02. The van der Waals surface area contributed by atoms with Crippen LogP contribution in [0.1, 0.15) is 34.3 Å². The summed E-state index contributed by atoms with van der Waals surface area (Å²) in [5, 5.41) is 3.05. The van der Waals surface area contributed by atoms with Gasteiger partial charge >= 0.3 is 6.18 Å². The molecule has 3 heterocycles. The maximum absolute atomic E-state index is 13.7. The predicted octanol–water partition coefficient (Wildman–Crippen LogP) is 4.35. The summed E-state index contributed by atoms with van der Waals surface area (Å²) in [4.78, 5) is 22.7. The Morgan fingerprint density at radius 2 is 1.97 bits per heavy atom. The fourth-order valence-electron chi connectivity index (χ4n) is 4.16. The number of likely N-dealkylation sites (N-methyl/N-ethyl adjacent to an activating group) is 1. The van der Waals surface area contributed by atoms with Gasteiger partial charge in [-0.15, -0.1) is 0 Å². The van der Waals surface area contributed by atoms with Crippen LogP contribution in [-0.4, -0.2) is 47.0 Å². The zero-order valence-corrected chi connectivity index (χ0v) is 19.2. The fraction of sp³-hybridized carbons (Fsp3) is 0.320. The Morgan fingerprint density at radius 3 is 2.63 bits per heavy atom. The summed E-state index contributed by atoms with van der Waals surface area (Å²) in [5.74, 6) is -0.550. The number of alkyl halides is 3. The van der Waals surface area contributed by atoms with E-state index in [1.54, 1.807) is 24.5 Å². The minimum absolute atomic E-state index is 0.00218. The second-order valence-electron chi connectivity index (χ2n) is 8.49. The fourth-order valence-corrected chi connectivity index (χ4v) is 4.16. The number of primary amides is 1. The summed E-state index contributed by atoms with van der Waals surface area (Å²) in [6.45, 7) is 1.52. The molecule has 1 aliphatic heterocycles. The molecule has 1 aromatic carbocycles. The number of carbonyl (C=O) groups is 1. The van der Waals surface area contributed by atoms with Crippen molar-refractivity contribution in [3.63, 3.8) is 0 Å². The van der Waals surface area contributed by atoms with E-state index in [1.165, 1.54) is 18.3 Å². The number of anilines is 1. The van der Waals surface area contributed by atoms with Crippen LogP contribution in [0.4, 0.5) is 19.0 Å². The third-order valence-electron chi connectivity index (χ3n) is 6.07. The zero-order chi connectivity index (χ0) is 25.0. The van der Waals surface area contributed by atoms with Crippen molar-refractivity contribution in [1.82, 2.24) is 14.9 Å². The number of aromatic nitrogens is 2. The van der Waals surface area contributed by atoms with Crippen molar-refractivity contribution in [2.75, 3.05) is 25.5 Å². The number of rotatable bonds is 8. The monoisotopic (exact) mass is 485 g/mol. The van der Waals surface area contributed by atoms with Gasteiger partial charge in [0.1, 0.15) is 18.2 Å². The van der Waals surface area contributed by atoms with Crippen molar-refractivity contribution in [1.29, 1.82) is 0 Å². The molecule has 3 N–H and O–H groups in total. The predicted molar refractivity (Wildman–Crippen MR) is 126 cm³/mol. The van der Waals surface area contributed by atoms with Gasteiger partial charge in [-0.3, -0.25) is 9.78 Å². The molecule has 0 spiro atoms. The standard InChI is InChI=1S/C25H26F3N5O2/c1-33-10-2-3-19(33)15-35-20-12-17(11-18(13-20)25(26,27)28)21-6-9-31-24(22(21)23(29)34)32-14-16-4-7-30-8-5-16/h4-9,11-13,19H,2-3,10,14-15H2,1H3,(H2,29,34)(H,31,32)/t19-/m0/s1. The maximum Gasteiger partial charge on any atom is 0.416 e. The minimum Gasteiger partial charge on any atom is -0.492 e. The number of benzene rings is 1. The topological polar surface area (TPSA) is 93.4 Å². The van der Waals surface area contributed by atoms with Gasteiger partial charge in [0.25, 0.3) is 5.91 Å². The number of pyridine rings is 2. The van der Waals surface area contributed by atoms with Gasteiger partial charge in [0.05, 0.1) is 11.1 Å². The van der Waals surface area contributed by atoms with Gasteiger partial charge in [-0.25, -0.2) is 4.98 Å². The zero-order valence-electron chi connectivity index (χ0n) is 19.2. The van der Waals surface area contributed by atoms with Gasteiger partial charge in [0.2, 0.25) is 0 Å². The molecule has 10 heteroatoms. The summed E-state index contributed by atoms with van der Waals surface area (Å²) in [6, 6.07) is 8.66. The minimum atomic E-state index is -4.60. The molecule has 35 heavy (non-hydrogen) atoms. The van der Waals surface area contributed by atoms with Gasteiger partial charge in [0, 0.05) is 31.2 Å². The number of ether oxygens (including phenoxy) is 1. The summed E-state index contributed by atoms with van der Waals surface area (Å²) in [5.41, 5.74) is 6.07. The van der Waals surface area contributed by atoms with E-state index < -0.39 is 17.6 Å². The molecule has 0 saturated carbocycles. The van der Waals surface area contributed by atoms with Crippen LogP contribution in [0.2, 0.25) is 0 Å². The molecule has 0 bridgehead atoms. The van der Waals surface area contributed by atoms with Crippen molar-refractivity contribution in [2.45, 2.75) is 31.6 Å².